The first-order valence-corrected chi connectivity index (χ1v) is 7.84. The van der Waals surface area contributed by atoms with E-state index in [4.69, 9.17) is 0 Å². The average molecular weight is 268 g/mol. The van der Waals surface area contributed by atoms with Crippen LogP contribution < -0.4 is 5.32 Å². The summed E-state index contributed by atoms with van der Waals surface area (Å²) in [4.78, 5) is 10.4. The molecule has 2 N–H and O–H groups in total. The van der Waals surface area contributed by atoms with E-state index in [1.807, 2.05) is 18.0 Å². The van der Waals surface area contributed by atoms with Gasteiger partial charge in [0.05, 0.1) is 6.04 Å². The molecule has 1 saturated heterocycles. The minimum Gasteiger partial charge on any atom is -0.343 e. The molecule has 1 aliphatic rings. The molecule has 5 heteroatoms. The second-order valence-corrected chi connectivity index (χ2v) is 6.54. The van der Waals surface area contributed by atoms with Crippen molar-refractivity contribution in [2.45, 2.75) is 26.4 Å². The Morgan fingerprint density at radius 3 is 3.17 bits per heavy atom. The molecule has 4 nitrogen and oxygen atoms in total. The number of imidazole rings is 1. The SMILES string of the molecule is CC(C)CNCc1cnc(C2CSCCN2C)[nH]1. The summed E-state index contributed by atoms with van der Waals surface area (Å²) in [5.74, 6) is 4.18. The summed E-state index contributed by atoms with van der Waals surface area (Å²) < 4.78 is 0. The van der Waals surface area contributed by atoms with Crippen molar-refractivity contribution in [1.82, 2.24) is 20.2 Å². The highest BCUT2D eigenvalue weighted by Crippen LogP contribution is 2.26. The Bertz CT molecular complexity index is 364. The van der Waals surface area contributed by atoms with Gasteiger partial charge in [0.15, 0.2) is 0 Å². The topological polar surface area (TPSA) is 44.0 Å². The molecule has 0 spiro atoms. The molecule has 102 valence electrons. The third-order valence-corrected chi connectivity index (χ3v) is 4.25. The minimum absolute atomic E-state index is 0.447. The van der Waals surface area contributed by atoms with E-state index in [1.54, 1.807) is 0 Å². The van der Waals surface area contributed by atoms with Gasteiger partial charge in [-0.15, -0.1) is 0 Å². The van der Waals surface area contributed by atoms with Crippen LogP contribution in [0.1, 0.15) is 31.4 Å². The second kappa shape index (κ2) is 6.59. The van der Waals surface area contributed by atoms with Gasteiger partial charge < -0.3 is 10.3 Å². The van der Waals surface area contributed by atoms with Crippen LogP contribution in [0.2, 0.25) is 0 Å². The molecular formula is C13H24N4S. The quantitative estimate of drug-likeness (QED) is 0.856. The van der Waals surface area contributed by atoms with Gasteiger partial charge in [-0.3, -0.25) is 4.90 Å². The number of nitrogens with one attached hydrogen (secondary N) is 2. The fourth-order valence-corrected chi connectivity index (χ4v) is 3.32. The third kappa shape index (κ3) is 3.73. The summed E-state index contributed by atoms with van der Waals surface area (Å²) in [6.07, 6.45) is 1.97. The van der Waals surface area contributed by atoms with Gasteiger partial charge in [0.1, 0.15) is 5.82 Å². The molecular weight excluding hydrogens is 244 g/mol. The standard InChI is InChI=1S/C13H24N4S/c1-10(2)6-14-7-11-8-15-13(16-11)12-9-18-5-4-17(12)3/h8,10,12,14H,4-7,9H2,1-3H3,(H,15,16). The van der Waals surface area contributed by atoms with E-state index in [-0.39, 0.29) is 0 Å². The van der Waals surface area contributed by atoms with Crippen molar-refractivity contribution in [2.24, 2.45) is 5.92 Å². The molecule has 0 aromatic carbocycles. The predicted octanol–water partition coefficient (Wildman–Crippen LogP) is 1.88. The van der Waals surface area contributed by atoms with E-state index >= 15 is 0 Å². The Labute approximate surface area is 114 Å². The number of thioether (sulfide) groups is 1. The van der Waals surface area contributed by atoms with Crippen molar-refractivity contribution in [2.75, 3.05) is 31.6 Å². The molecule has 0 saturated carbocycles. The molecule has 0 radical (unpaired) electrons. The van der Waals surface area contributed by atoms with Crippen molar-refractivity contribution >= 4 is 11.8 Å². The Hall–Kier alpha value is -0.520. The van der Waals surface area contributed by atoms with Crippen LogP contribution in [0.15, 0.2) is 6.20 Å². The Morgan fingerprint density at radius 1 is 1.61 bits per heavy atom. The van der Waals surface area contributed by atoms with Crippen molar-refractivity contribution < 1.29 is 0 Å². The van der Waals surface area contributed by atoms with Crippen molar-refractivity contribution in [3.63, 3.8) is 0 Å². The number of aromatic amines is 1. The summed E-state index contributed by atoms with van der Waals surface area (Å²) in [7, 11) is 2.18. The Morgan fingerprint density at radius 2 is 2.44 bits per heavy atom. The maximum absolute atomic E-state index is 4.54. The molecule has 1 aromatic heterocycles. The van der Waals surface area contributed by atoms with Gasteiger partial charge in [0.25, 0.3) is 0 Å². The van der Waals surface area contributed by atoms with Crippen LogP contribution in [0.5, 0.6) is 0 Å². The molecule has 1 fully saturated rings. The first-order chi connectivity index (χ1) is 8.66. The normalized spacial score (nSPS) is 21.7. The zero-order valence-corrected chi connectivity index (χ0v) is 12.4. The summed E-state index contributed by atoms with van der Waals surface area (Å²) in [6.45, 7) is 7.53. The summed E-state index contributed by atoms with van der Waals surface area (Å²) in [5.41, 5.74) is 1.19. The van der Waals surface area contributed by atoms with E-state index in [9.17, 15) is 0 Å². The lowest BCUT2D eigenvalue weighted by Gasteiger charge is -2.30. The van der Waals surface area contributed by atoms with Gasteiger partial charge in [-0.25, -0.2) is 4.98 Å². The Balaban J connectivity index is 1.88. The molecule has 0 amide bonds. The molecule has 2 rings (SSSR count). The van der Waals surface area contributed by atoms with Crippen molar-refractivity contribution in [1.29, 1.82) is 0 Å². The lowest BCUT2D eigenvalue weighted by molar-refractivity contribution is 0.265. The van der Waals surface area contributed by atoms with E-state index in [0.717, 1.165) is 31.2 Å². The molecule has 1 atom stereocenters. The fraction of sp³-hybridized carbons (Fsp3) is 0.769. The van der Waals surface area contributed by atoms with Crippen LogP contribution in [-0.2, 0) is 6.54 Å². The first-order valence-electron chi connectivity index (χ1n) is 6.69. The van der Waals surface area contributed by atoms with Gasteiger partial charge in [0, 0.05) is 36.5 Å². The molecule has 1 aliphatic heterocycles. The van der Waals surface area contributed by atoms with Crippen LogP contribution in [0, 0.1) is 5.92 Å². The highest BCUT2D eigenvalue weighted by atomic mass is 32.2. The molecule has 0 aliphatic carbocycles. The maximum atomic E-state index is 4.54. The Kier molecular flexibility index (Phi) is 5.09. The van der Waals surface area contributed by atoms with E-state index in [2.05, 4.69) is 41.1 Å². The van der Waals surface area contributed by atoms with Crippen LogP contribution in [-0.4, -0.2) is 46.5 Å². The van der Waals surface area contributed by atoms with Crippen LogP contribution in [0.25, 0.3) is 0 Å². The maximum Gasteiger partial charge on any atom is 0.124 e. The molecule has 2 heterocycles. The molecule has 18 heavy (non-hydrogen) atoms. The van der Waals surface area contributed by atoms with Gasteiger partial charge in [-0.2, -0.15) is 11.8 Å². The lowest BCUT2D eigenvalue weighted by Crippen LogP contribution is -2.33. The van der Waals surface area contributed by atoms with E-state index in [1.165, 1.54) is 11.4 Å². The number of H-pyrrole nitrogens is 1. The number of rotatable bonds is 5. The van der Waals surface area contributed by atoms with Gasteiger partial charge in [-0.1, -0.05) is 13.8 Å². The highest BCUT2D eigenvalue weighted by Gasteiger charge is 2.23. The second-order valence-electron chi connectivity index (χ2n) is 5.39. The van der Waals surface area contributed by atoms with Crippen molar-refractivity contribution in [3.8, 4) is 0 Å². The van der Waals surface area contributed by atoms with Gasteiger partial charge >= 0.3 is 0 Å². The van der Waals surface area contributed by atoms with Crippen molar-refractivity contribution in [3.05, 3.63) is 17.7 Å². The smallest absolute Gasteiger partial charge is 0.124 e. The molecule has 1 unspecified atom stereocenters. The highest BCUT2D eigenvalue weighted by molar-refractivity contribution is 7.99. The van der Waals surface area contributed by atoms with E-state index in [0.29, 0.717) is 12.0 Å². The minimum atomic E-state index is 0.447. The zero-order valence-electron chi connectivity index (χ0n) is 11.6. The monoisotopic (exact) mass is 268 g/mol. The molecule has 0 bridgehead atoms. The van der Waals surface area contributed by atoms with Gasteiger partial charge in [-0.05, 0) is 19.5 Å². The number of hydrogen-bond donors (Lipinski definition) is 2. The van der Waals surface area contributed by atoms with Crippen LogP contribution >= 0.6 is 11.8 Å². The third-order valence-electron chi connectivity index (χ3n) is 3.23. The largest absolute Gasteiger partial charge is 0.343 e. The number of nitrogens with zero attached hydrogens (tertiary/aromatic N) is 2. The predicted molar refractivity (Wildman–Crippen MR) is 77.8 cm³/mol. The number of hydrogen-bond acceptors (Lipinski definition) is 4. The zero-order chi connectivity index (χ0) is 13.0. The molecule has 1 aromatic rings. The van der Waals surface area contributed by atoms with Crippen LogP contribution in [0.4, 0.5) is 0 Å². The summed E-state index contributed by atoms with van der Waals surface area (Å²) in [6, 6.07) is 0.447. The summed E-state index contributed by atoms with van der Waals surface area (Å²) in [5, 5.41) is 3.44. The van der Waals surface area contributed by atoms with Crippen LogP contribution in [0.3, 0.4) is 0 Å². The average Bonchev–Trinajstić information content (AvgIpc) is 2.78. The lowest BCUT2D eigenvalue weighted by atomic mass is 10.2. The summed E-state index contributed by atoms with van der Waals surface area (Å²) >= 11 is 2.02. The van der Waals surface area contributed by atoms with Gasteiger partial charge in [0.2, 0.25) is 0 Å². The first kappa shape index (κ1) is 13.9. The van der Waals surface area contributed by atoms with E-state index < -0.39 is 0 Å². The fourth-order valence-electron chi connectivity index (χ4n) is 2.11. The number of aromatic nitrogens is 2.